The number of halogens is 2. The highest BCUT2D eigenvalue weighted by atomic mass is 35.5. The van der Waals surface area contributed by atoms with Crippen LogP contribution in [0.1, 0.15) is 0 Å². The van der Waals surface area contributed by atoms with Crippen LogP contribution in [0, 0.1) is 0 Å². The Balaban J connectivity index is 2.26. The van der Waals surface area contributed by atoms with E-state index in [0.717, 1.165) is 5.56 Å². The molecule has 2 rings (SSSR count). The SMILES string of the molecule is COC(=O)CSc1nnc(-c2ccc(Cl)cc2Cl)n1C. The zero-order chi connectivity index (χ0) is 14.7. The molecule has 5 nitrogen and oxygen atoms in total. The van der Waals surface area contributed by atoms with E-state index in [-0.39, 0.29) is 11.7 Å². The van der Waals surface area contributed by atoms with Gasteiger partial charge in [0.2, 0.25) is 0 Å². The summed E-state index contributed by atoms with van der Waals surface area (Å²) in [5.74, 6) is 0.472. The quantitative estimate of drug-likeness (QED) is 0.636. The average Bonchev–Trinajstić information content (AvgIpc) is 2.77. The lowest BCUT2D eigenvalue weighted by Crippen LogP contribution is -2.04. The minimum atomic E-state index is -0.316. The highest BCUT2D eigenvalue weighted by Crippen LogP contribution is 2.30. The fraction of sp³-hybridized carbons (Fsp3) is 0.250. The van der Waals surface area contributed by atoms with E-state index in [1.165, 1.54) is 18.9 Å². The van der Waals surface area contributed by atoms with E-state index in [9.17, 15) is 4.79 Å². The average molecular weight is 332 g/mol. The molecule has 0 N–H and O–H groups in total. The van der Waals surface area contributed by atoms with Gasteiger partial charge in [-0.15, -0.1) is 10.2 Å². The Bertz CT molecular complexity index is 646. The summed E-state index contributed by atoms with van der Waals surface area (Å²) in [6, 6.07) is 5.16. The zero-order valence-corrected chi connectivity index (χ0v) is 13.1. The molecule has 0 fully saturated rings. The Morgan fingerprint density at radius 1 is 1.40 bits per heavy atom. The van der Waals surface area contributed by atoms with Crippen molar-refractivity contribution >= 4 is 40.9 Å². The second kappa shape index (κ2) is 6.47. The summed E-state index contributed by atoms with van der Waals surface area (Å²) in [5.41, 5.74) is 0.732. The number of rotatable bonds is 4. The summed E-state index contributed by atoms with van der Waals surface area (Å²) in [4.78, 5) is 11.1. The second-order valence-electron chi connectivity index (χ2n) is 3.85. The van der Waals surface area contributed by atoms with Gasteiger partial charge < -0.3 is 9.30 Å². The number of thioether (sulfide) groups is 1. The number of hydrogen-bond acceptors (Lipinski definition) is 5. The first-order valence-electron chi connectivity index (χ1n) is 5.57. The van der Waals surface area contributed by atoms with Crippen LogP contribution in [0.15, 0.2) is 23.4 Å². The highest BCUT2D eigenvalue weighted by molar-refractivity contribution is 7.99. The molecular weight excluding hydrogens is 321 g/mol. The Morgan fingerprint density at radius 2 is 2.15 bits per heavy atom. The molecule has 0 unspecified atom stereocenters. The lowest BCUT2D eigenvalue weighted by atomic mass is 10.2. The molecule has 0 spiro atoms. The summed E-state index contributed by atoms with van der Waals surface area (Å²) in [7, 11) is 3.15. The Kier molecular flexibility index (Phi) is 4.91. The molecule has 0 saturated carbocycles. The summed E-state index contributed by atoms with van der Waals surface area (Å²) in [6.45, 7) is 0. The summed E-state index contributed by atoms with van der Waals surface area (Å²) < 4.78 is 6.35. The first kappa shape index (κ1) is 15.2. The van der Waals surface area contributed by atoms with Crippen molar-refractivity contribution in [2.75, 3.05) is 12.9 Å². The molecule has 20 heavy (non-hydrogen) atoms. The minimum Gasteiger partial charge on any atom is -0.468 e. The van der Waals surface area contributed by atoms with Crippen LogP contribution in [0.2, 0.25) is 10.0 Å². The predicted octanol–water partition coefficient (Wildman–Crippen LogP) is 3.05. The van der Waals surface area contributed by atoms with Gasteiger partial charge in [0.05, 0.1) is 17.9 Å². The van der Waals surface area contributed by atoms with Crippen LogP contribution in [-0.2, 0) is 16.6 Å². The van der Waals surface area contributed by atoms with Crippen LogP contribution in [0.25, 0.3) is 11.4 Å². The maximum absolute atomic E-state index is 11.1. The third-order valence-corrected chi connectivity index (χ3v) is 4.10. The Hall–Kier alpha value is -1.24. The molecular formula is C12H11Cl2N3O2S. The first-order chi connectivity index (χ1) is 9.52. The van der Waals surface area contributed by atoms with E-state index in [1.54, 1.807) is 29.8 Å². The van der Waals surface area contributed by atoms with Gasteiger partial charge >= 0.3 is 5.97 Å². The van der Waals surface area contributed by atoms with Crippen LogP contribution in [0.4, 0.5) is 0 Å². The van der Waals surface area contributed by atoms with Crippen molar-refractivity contribution in [3.63, 3.8) is 0 Å². The van der Waals surface area contributed by atoms with Crippen molar-refractivity contribution in [2.24, 2.45) is 7.05 Å². The van der Waals surface area contributed by atoms with Crippen LogP contribution in [0.3, 0.4) is 0 Å². The number of nitrogens with zero attached hydrogens (tertiary/aromatic N) is 3. The molecule has 0 amide bonds. The predicted molar refractivity (Wildman–Crippen MR) is 79.2 cm³/mol. The zero-order valence-electron chi connectivity index (χ0n) is 10.8. The van der Waals surface area contributed by atoms with Gasteiger partial charge in [-0.2, -0.15) is 0 Å². The molecule has 0 bridgehead atoms. The summed E-state index contributed by atoms with van der Waals surface area (Å²) >= 11 is 13.3. The molecule has 0 aliphatic rings. The van der Waals surface area contributed by atoms with Gasteiger partial charge in [-0.05, 0) is 18.2 Å². The van der Waals surface area contributed by atoms with Crippen LogP contribution in [0.5, 0.6) is 0 Å². The Morgan fingerprint density at radius 3 is 2.80 bits per heavy atom. The van der Waals surface area contributed by atoms with Crippen molar-refractivity contribution in [3.05, 3.63) is 28.2 Å². The van der Waals surface area contributed by atoms with Crippen LogP contribution < -0.4 is 0 Å². The molecule has 1 aromatic carbocycles. The number of esters is 1. The maximum Gasteiger partial charge on any atom is 0.316 e. The normalized spacial score (nSPS) is 10.6. The van der Waals surface area contributed by atoms with Crippen molar-refractivity contribution in [2.45, 2.75) is 5.16 Å². The number of carbonyl (C=O) groups is 1. The molecule has 2 aromatic rings. The van der Waals surface area contributed by atoms with Gasteiger partial charge in [0.1, 0.15) is 0 Å². The van der Waals surface area contributed by atoms with E-state index in [1.807, 2.05) is 0 Å². The third-order valence-electron chi connectivity index (χ3n) is 2.55. The van der Waals surface area contributed by atoms with E-state index < -0.39 is 0 Å². The lowest BCUT2D eigenvalue weighted by Gasteiger charge is -2.05. The topological polar surface area (TPSA) is 57.0 Å². The van der Waals surface area contributed by atoms with Gasteiger partial charge in [0.25, 0.3) is 0 Å². The van der Waals surface area contributed by atoms with Crippen molar-refractivity contribution in [3.8, 4) is 11.4 Å². The highest BCUT2D eigenvalue weighted by Gasteiger charge is 2.15. The minimum absolute atomic E-state index is 0.177. The molecule has 1 aromatic heterocycles. The van der Waals surface area contributed by atoms with Crippen LogP contribution >= 0.6 is 35.0 Å². The molecule has 0 radical (unpaired) electrons. The standard InChI is InChI=1S/C12H11Cl2N3O2S/c1-17-11(8-4-3-7(13)5-9(8)14)15-16-12(17)20-6-10(18)19-2/h3-5H,6H2,1-2H3. The largest absolute Gasteiger partial charge is 0.468 e. The number of aromatic nitrogens is 3. The van der Waals surface area contributed by atoms with Gasteiger partial charge in [0, 0.05) is 17.6 Å². The van der Waals surface area contributed by atoms with E-state index in [2.05, 4.69) is 14.9 Å². The molecule has 8 heteroatoms. The lowest BCUT2D eigenvalue weighted by molar-refractivity contribution is -0.137. The smallest absolute Gasteiger partial charge is 0.316 e. The van der Waals surface area contributed by atoms with E-state index in [0.29, 0.717) is 21.0 Å². The molecule has 0 saturated heterocycles. The van der Waals surface area contributed by atoms with Crippen molar-refractivity contribution in [1.29, 1.82) is 0 Å². The molecule has 106 valence electrons. The molecule has 0 aliphatic carbocycles. The van der Waals surface area contributed by atoms with E-state index in [4.69, 9.17) is 23.2 Å². The Labute approximate surface area is 130 Å². The number of methoxy groups -OCH3 is 1. The second-order valence-corrected chi connectivity index (χ2v) is 5.64. The number of benzene rings is 1. The molecule has 0 atom stereocenters. The fourth-order valence-corrected chi connectivity index (χ4v) is 2.76. The summed E-state index contributed by atoms with van der Waals surface area (Å²) in [6.07, 6.45) is 0. The van der Waals surface area contributed by atoms with Gasteiger partial charge in [-0.1, -0.05) is 35.0 Å². The number of hydrogen-bond donors (Lipinski definition) is 0. The van der Waals surface area contributed by atoms with Gasteiger partial charge in [-0.3, -0.25) is 4.79 Å². The first-order valence-corrected chi connectivity index (χ1v) is 7.31. The number of ether oxygens (including phenoxy) is 1. The fourth-order valence-electron chi connectivity index (χ4n) is 1.53. The van der Waals surface area contributed by atoms with Crippen molar-refractivity contribution in [1.82, 2.24) is 14.8 Å². The van der Waals surface area contributed by atoms with Crippen molar-refractivity contribution < 1.29 is 9.53 Å². The van der Waals surface area contributed by atoms with E-state index >= 15 is 0 Å². The summed E-state index contributed by atoms with van der Waals surface area (Å²) in [5, 5.41) is 9.79. The molecule has 0 aliphatic heterocycles. The molecule has 1 heterocycles. The van der Waals surface area contributed by atoms with Gasteiger partial charge in [0.15, 0.2) is 11.0 Å². The number of carbonyl (C=O) groups excluding carboxylic acids is 1. The van der Waals surface area contributed by atoms with Gasteiger partial charge in [-0.25, -0.2) is 0 Å². The maximum atomic E-state index is 11.1. The van der Waals surface area contributed by atoms with Crippen LogP contribution in [-0.4, -0.2) is 33.6 Å². The monoisotopic (exact) mass is 331 g/mol. The third kappa shape index (κ3) is 3.26.